The van der Waals surface area contributed by atoms with Gasteiger partial charge in [0.2, 0.25) is 11.8 Å². The smallest absolute Gasteiger partial charge is 0.234 e. The van der Waals surface area contributed by atoms with Gasteiger partial charge in [0, 0.05) is 5.56 Å². The minimum Gasteiger partial charge on any atom is -0.489 e. The van der Waals surface area contributed by atoms with Crippen molar-refractivity contribution in [1.82, 2.24) is 0 Å². The Morgan fingerprint density at radius 2 is 1.59 bits per heavy atom. The summed E-state index contributed by atoms with van der Waals surface area (Å²) < 4.78 is 18.9. The van der Waals surface area contributed by atoms with Crippen molar-refractivity contribution >= 4 is 11.8 Å². The van der Waals surface area contributed by atoms with Gasteiger partial charge in [-0.2, -0.15) is 0 Å². The van der Waals surface area contributed by atoms with E-state index in [0.29, 0.717) is 16.9 Å². The molecule has 6 heteroatoms. The fourth-order valence-corrected chi connectivity index (χ4v) is 2.00. The number of hydrogen-bond donors (Lipinski definition) is 2. The maximum Gasteiger partial charge on any atom is 0.234 e. The van der Waals surface area contributed by atoms with Crippen LogP contribution in [0.5, 0.6) is 5.75 Å². The van der Waals surface area contributed by atoms with Crippen LogP contribution < -0.4 is 16.2 Å². The predicted octanol–water partition coefficient (Wildman–Crippen LogP) is 1.46. The highest BCUT2D eigenvalue weighted by atomic mass is 19.1. The molecule has 0 atom stereocenters. The van der Waals surface area contributed by atoms with Gasteiger partial charge >= 0.3 is 0 Å². The van der Waals surface area contributed by atoms with Crippen LogP contribution in [0.1, 0.15) is 17.0 Å². The molecule has 0 saturated heterocycles. The summed E-state index contributed by atoms with van der Waals surface area (Å²) in [4.78, 5) is 22.4. The molecule has 22 heavy (non-hydrogen) atoms. The molecule has 0 aliphatic heterocycles. The number of rotatable bonds is 6. The summed E-state index contributed by atoms with van der Waals surface area (Å²) in [6.07, 6.45) is 0. The van der Waals surface area contributed by atoms with Gasteiger partial charge in [0.15, 0.2) is 0 Å². The Morgan fingerprint density at radius 1 is 1.00 bits per heavy atom. The Morgan fingerprint density at radius 3 is 2.14 bits per heavy atom. The van der Waals surface area contributed by atoms with E-state index < -0.39 is 17.7 Å². The first-order chi connectivity index (χ1) is 10.5. The molecule has 2 amide bonds. The van der Waals surface area contributed by atoms with Crippen LogP contribution in [0.2, 0.25) is 0 Å². The molecule has 0 bridgehead atoms. The zero-order valence-electron chi connectivity index (χ0n) is 11.7. The number of primary amides is 2. The van der Waals surface area contributed by atoms with Crippen molar-refractivity contribution in [3.05, 3.63) is 65.5 Å². The number of carbonyl (C=O) groups is 2. The third-order valence-electron chi connectivity index (χ3n) is 3.13. The lowest BCUT2D eigenvalue weighted by Gasteiger charge is -2.11. The average molecular weight is 302 g/mol. The van der Waals surface area contributed by atoms with Gasteiger partial charge in [-0.3, -0.25) is 9.59 Å². The Labute approximate surface area is 126 Å². The lowest BCUT2D eigenvalue weighted by Crippen LogP contribution is -2.32. The predicted molar refractivity (Wildman–Crippen MR) is 78.3 cm³/mol. The standard InChI is InChI=1S/C16H15FN2O3/c17-13-4-2-1-3-11(13)9-22-12-7-5-10(6-8-12)14(15(18)20)16(19)21/h1-8,14H,9H2,(H2,18,20)(H2,19,21). The van der Waals surface area contributed by atoms with Gasteiger partial charge in [-0.15, -0.1) is 0 Å². The molecule has 2 rings (SSSR count). The summed E-state index contributed by atoms with van der Waals surface area (Å²) in [7, 11) is 0. The average Bonchev–Trinajstić information content (AvgIpc) is 2.47. The van der Waals surface area contributed by atoms with Crippen LogP contribution in [0.25, 0.3) is 0 Å². The highest BCUT2D eigenvalue weighted by Crippen LogP contribution is 2.20. The van der Waals surface area contributed by atoms with E-state index in [1.807, 2.05) is 0 Å². The number of nitrogens with two attached hydrogens (primary N) is 2. The van der Waals surface area contributed by atoms with Crippen LogP contribution >= 0.6 is 0 Å². The Balaban J connectivity index is 2.08. The van der Waals surface area contributed by atoms with E-state index in [4.69, 9.17) is 16.2 Å². The van der Waals surface area contributed by atoms with Crippen molar-refractivity contribution in [2.75, 3.05) is 0 Å². The highest BCUT2D eigenvalue weighted by Gasteiger charge is 2.23. The molecule has 0 spiro atoms. The van der Waals surface area contributed by atoms with Crippen molar-refractivity contribution in [3.63, 3.8) is 0 Å². The van der Waals surface area contributed by atoms with Gasteiger partial charge < -0.3 is 16.2 Å². The van der Waals surface area contributed by atoms with E-state index in [0.717, 1.165) is 0 Å². The summed E-state index contributed by atoms with van der Waals surface area (Å²) in [6.45, 7) is 0.0705. The molecule has 0 saturated carbocycles. The molecule has 0 unspecified atom stereocenters. The largest absolute Gasteiger partial charge is 0.489 e. The fraction of sp³-hybridized carbons (Fsp3) is 0.125. The molecule has 2 aromatic carbocycles. The minimum atomic E-state index is -1.18. The van der Waals surface area contributed by atoms with Gasteiger partial charge in [-0.1, -0.05) is 30.3 Å². The Hall–Kier alpha value is -2.89. The number of hydrogen-bond acceptors (Lipinski definition) is 3. The summed E-state index contributed by atoms with van der Waals surface area (Å²) >= 11 is 0. The third kappa shape index (κ3) is 3.60. The van der Waals surface area contributed by atoms with Crippen molar-refractivity contribution < 1.29 is 18.7 Å². The number of halogens is 1. The van der Waals surface area contributed by atoms with Crippen LogP contribution in [-0.2, 0) is 16.2 Å². The second kappa shape index (κ2) is 6.71. The molecule has 0 fully saturated rings. The minimum absolute atomic E-state index is 0.0705. The molecule has 0 heterocycles. The van der Waals surface area contributed by atoms with Crippen molar-refractivity contribution in [3.8, 4) is 5.75 Å². The molecule has 4 N–H and O–H groups in total. The van der Waals surface area contributed by atoms with Crippen LogP contribution in [0, 0.1) is 5.82 Å². The monoisotopic (exact) mass is 302 g/mol. The molecule has 0 aliphatic rings. The fourth-order valence-electron chi connectivity index (χ4n) is 2.00. The summed E-state index contributed by atoms with van der Waals surface area (Å²) in [6, 6.07) is 12.5. The summed E-state index contributed by atoms with van der Waals surface area (Å²) in [5.41, 5.74) is 11.1. The second-order valence-electron chi connectivity index (χ2n) is 4.69. The molecule has 0 radical (unpaired) electrons. The van der Waals surface area contributed by atoms with E-state index in [9.17, 15) is 14.0 Å². The molecule has 114 valence electrons. The van der Waals surface area contributed by atoms with Gasteiger partial charge in [0.1, 0.15) is 24.1 Å². The number of amides is 2. The van der Waals surface area contributed by atoms with E-state index in [-0.39, 0.29) is 12.4 Å². The second-order valence-corrected chi connectivity index (χ2v) is 4.69. The normalized spacial score (nSPS) is 10.5. The maximum atomic E-state index is 13.5. The van der Waals surface area contributed by atoms with Gasteiger partial charge in [-0.25, -0.2) is 4.39 Å². The van der Waals surface area contributed by atoms with Gasteiger partial charge in [0.25, 0.3) is 0 Å². The van der Waals surface area contributed by atoms with Crippen molar-refractivity contribution in [2.45, 2.75) is 12.5 Å². The van der Waals surface area contributed by atoms with Crippen LogP contribution in [0.3, 0.4) is 0 Å². The van der Waals surface area contributed by atoms with Crippen molar-refractivity contribution in [2.24, 2.45) is 11.5 Å². The van der Waals surface area contributed by atoms with E-state index in [1.54, 1.807) is 30.3 Å². The zero-order valence-corrected chi connectivity index (χ0v) is 11.7. The van der Waals surface area contributed by atoms with Crippen LogP contribution in [-0.4, -0.2) is 11.8 Å². The topological polar surface area (TPSA) is 95.4 Å². The summed E-state index contributed by atoms with van der Waals surface area (Å²) in [5, 5.41) is 0. The Bertz CT molecular complexity index is 672. The number of benzene rings is 2. The van der Waals surface area contributed by atoms with E-state index in [2.05, 4.69) is 0 Å². The number of carbonyl (C=O) groups excluding carboxylic acids is 2. The maximum absolute atomic E-state index is 13.5. The highest BCUT2D eigenvalue weighted by molar-refractivity contribution is 6.04. The first kappa shape index (κ1) is 15.5. The van der Waals surface area contributed by atoms with Crippen LogP contribution in [0.15, 0.2) is 48.5 Å². The molecule has 2 aromatic rings. The molecule has 5 nitrogen and oxygen atoms in total. The third-order valence-corrected chi connectivity index (χ3v) is 3.13. The van der Waals surface area contributed by atoms with Crippen molar-refractivity contribution in [1.29, 1.82) is 0 Å². The number of ether oxygens (including phenoxy) is 1. The molecular formula is C16H15FN2O3. The quantitative estimate of drug-likeness (QED) is 0.791. The van der Waals surface area contributed by atoms with Crippen LogP contribution in [0.4, 0.5) is 4.39 Å². The molecular weight excluding hydrogens is 287 g/mol. The summed E-state index contributed by atoms with van der Waals surface area (Å²) in [5.74, 6) is -2.68. The lowest BCUT2D eigenvalue weighted by atomic mass is 9.98. The molecule has 0 aromatic heterocycles. The first-order valence-corrected chi connectivity index (χ1v) is 6.54. The SMILES string of the molecule is NC(=O)C(C(N)=O)c1ccc(OCc2ccccc2F)cc1. The lowest BCUT2D eigenvalue weighted by molar-refractivity contribution is -0.128. The Kier molecular flexibility index (Phi) is 4.73. The zero-order chi connectivity index (χ0) is 16.1. The first-order valence-electron chi connectivity index (χ1n) is 6.54. The van der Waals surface area contributed by atoms with Gasteiger partial charge in [-0.05, 0) is 23.8 Å². The van der Waals surface area contributed by atoms with E-state index >= 15 is 0 Å². The van der Waals surface area contributed by atoms with E-state index in [1.165, 1.54) is 18.2 Å². The molecule has 0 aliphatic carbocycles. The van der Waals surface area contributed by atoms with Gasteiger partial charge in [0.05, 0.1) is 0 Å².